The van der Waals surface area contributed by atoms with Gasteiger partial charge >= 0.3 is 0 Å². The first-order valence-corrected chi connectivity index (χ1v) is 9.24. The van der Waals surface area contributed by atoms with Crippen molar-refractivity contribution in [1.29, 1.82) is 0 Å². The van der Waals surface area contributed by atoms with Crippen LogP contribution in [0.15, 0.2) is 54.6 Å². The maximum Gasteiger partial charge on any atom is 0.237 e. The lowest BCUT2D eigenvalue weighted by Gasteiger charge is -2.36. The van der Waals surface area contributed by atoms with Crippen molar-refractivity contribution < 1.29 is 9.90 Å². The molecule has 1 saturated heterocycles. The summed E-state index contributed by atoms with van der Waals surface area (Å²) in [7, 11) is 0. The molecule has 1 heterocycles. The molecule has 3 rings (SSSR count). The number of piperazine rings is 1. The first-order chi connectivity index (χ1) is 12.7. The van der Waals surface area contributed by atoms with Gasteiger partial charge in [-0.15, -0.1) is 0 Å². The molecular weight excluding hydrogens is 326 g/mol. The molecule has 0 spiro atoms. The zero-order valence-electron chi connectivity index (χ0n) is 15.3. The van der Waals surface area contributed by atoms with Gasteiger partial charge in [0.1, 0.15) is 5.75 Å². The summed E-state index contributed by atoms with van der Waals surface area (Å²) in [5.41, 5.74) is 2.03. The number of carbonyl (C=O) groups excluding carboxylic acids is 1. The van der Waals surface area contributed by atoms with Gasteiger partial charge in [0, 0.05) is 39.3 Å². The predicted molar refractivity (Wildman–Crippen MR) is 104 cm³/mol. The van der Waals surface area contributed by atoms with Gasteiger partial charge in [0.2, 0.25) is 5.91 Å². The van der Waals surface area contributed by atoms with E-state index in [2.05, 4.69) is 21.9 Å². The molecular formula is C21H27N3O2. The van der Waals surface area contributed by atoms with Crippen LogP contribution in [0.2, 0.25) is 0 Å². The molecule has 5 heteroatoms. The number of phenolic OH excluding ortho intramolecular Hbond substituents is 1. The number of hydrogen-bond donors (Lipinski definition) is 1. The zero-order chi connectivity index (χ0) is 18.4. The van der Waals surface area contributed by atoms with Crippen LogP contribution in [0.4, 0.5) is 5.69 Å². The summed E-state index contributed by atoms with van der Waals surface area (Å²) in [6, 6.07) is 17.5. The Morgan fingerprint density at radius 3 is 2.31 bits per heavy atom. The van der Waals surface area contributed by atoms with Crippen LogP contribution < -0.4 is 4.90 Å². The average molecular weight is 353 g/mol. The van der Waals surface area contributed by atoms with E-state index in [1.54, 1.807) is 6.07 Å². The van der Waals surface area contributed by atoms with Gasteiger partial charge in [-0.3, -0.25) is 9.69 Å². The number of nitrogens with zero attached hydrogens (tertiary/aromatic N) is 3. The summed E-state index contributed by atoms with van der Waals surface area (Å²) < 4.78 is 0. The smallest absolute Gasteiger partial charge is 0.237 e. The molecule has 0 saturated carbocycles. The normalized spacial score (nSPS) is 15.0. The van der Waals surface area contributed by atoms with Crippen LogP contribution in [0.25, 0.3) is 0 Å². The number of aromatic hydroxyl groups is 1. The molecule has 0 radical (unpaired) electrons. The van der Waals surface area contributed by atoms with Crippen molar-refractivity contribution >= 4 is 11.6 Å². The van der Waals surface area contributed by atoms with Crippen LogP contribution in [-0.2, 0) is 11.3 Å². The number of hydrogen-bond acceptors (Lipinski definition) is 4. The monoisotopic (exact) mass is 353 g/mol. The Balaban J connectivity index is 1.52. The second kappa shape index (κ2) is 8.72. The van der Waals surface area contributed by atoms with Crippen molar-refractivity contribution in [2.45, 2.75) is 13.5 Å². The Bertz CT molecular complexity index is 712. The topological polar surface area (TPSA) is 47.0 Å². The number of amides is 1. The third-order valence-corrected chi connectivity index (χ3v) is 4.90. The number of carbonyl (C=O) groups is 1. The zero-order valence-corrected chi connectivity index (χ0v) is 15.3. The molecule has 5 nitrogen and oxygen atoms in total. The Kier molecular flexibility index (Phi) is 6.12. The summed E-state index contributed by atoms with van der Waals surface area (Å²) in [6.07, 6.45) is 0. The fourth-order valence-electron chi connectivity index (χ4n) is 3.35. The van der Waals surface area contributed by atoms with Gasteiger partial charge in [-0.1, -0.05) is 42.5 Å². The molecule has 0 bridgehead atoms. The van der Waals surface area contributed by atoms with E-state index in [-0.39, 0.29) is 5.91 Å². The molecule has 138 valence electrons. The number of benzene rings is 2. The van der Waals surface area contributed by atoms with E-state index >= 15 is 0 Å². The molecule has 1 aliphatic rings. The second-order valence-corrected chi connectivity index (χ2v) is 6.65. The number of anilines is 1. The molecule has 2 aromatic rings. The van der Waals surface area contributed by atoms with Crippen LogP contribution in [-0.4, -0.2) is 60.1 Å². The standard InChI is InChI=1S/C21H27N3O2/c1-2-23(16-18-8-4-3-5-9-18)21(26)17-22-12-14-24(15-13-22)19-10-6-7-11-20(19)25/h3-11,25H,2,12-17H2,1H3. The van der Waals surface area contributed by atoms with Crippen molar-refractivity contribution in [1.82, 2.24) is 9.80 Å². The SMILES string of the molecule is CCN(Cc1ccccc1)C(=O)CN1CCN(c2ccccc2O)CC1. The molecule has 26 heavy (non-hydrogen) atoms. The maximum atomic E-state index is 12.7. The van der Waals surface area contributed by atoms with Crippen LogP contribution in [0.1, 0.15) is 12.5 Å². The lowest BCUT2D eigenvalue weighted by Crippen LogP contribution is -2.50. The van der Waals surface area contributed by atoms with Crippen LogP contribution in [0, 0.1) is 0 Å². The minimum atomic E-state index is 0.173. The lowest BCUT2D eigenvalue weighted by atomic mass is 10.2. The highest BCUT2D eigenvalue weighted by molar-refractivity contribution is 5.78. The van der Waals surface area contributed by atoms with E-state index in [0.29, 0.717) is 25.4 Å². The van der Waals surface area contributed by atoms with Crippen LogP contribution in [0.3, 0.4) is 0 Å². The van der Waals surface area contributed by atoms with Crippen LogP contribution >= 0.6 is 0 Å². The van der Waals surface area contributed by atoms with Gasteiger partial charge in [0.05, 0.1) is 12.2 Å². The van der Waals surface area contributed by atoms with Crippen molar-refractivity contribution in [3.8, 4) is 5.75 Å². The molecule has 0 aromatic heterocycles. The minimum Gasteiger partial charge on any atom is -0.506 e. The highest BCUT2D eigenvalue weighted by Crippen LogP contribution is 2.27. The van der Waals surface area contributed by atoms with Gasteiger partial charge in [-0.2, -0.15) is 0 Å². The number of likely N-dealkylation sites (N-methyl/N-ethyl adjacent to an activating group) is 1. The molecule has 0 atom stereocenters. The van der Waals surface area contributed by atoms with Gasteiger partial charge in [-0.05, 0) is 24.6 Å². The molecule has 1 N–H and O–H groups in total. The fraction of sp³-hybridized carbons (Fsp3) is 0.381. The van der Waals surface area contributed by atoms with E-state index in [1.165, 1.54) is 0 Å². The molecule has 1 fully saturated rings. The summed E-state index contributed by atoms with van der Waals surface area (Å²) in [4.78, 5) is 19.0. The van der Waals surface area contributed by atoms with E-state index < -0.39 is 0 Å². The first kappa shape index (κ1) is 18.3. The summed E-state index contributed by atoms with van der Waals surface area (Å²) in [5, 5.41) is 10.0. The number of para-hydroxylation sites is 2. The third-order valence-electron chi connectivity index (χ3n) is 4.90. The summed E-state index contributed by atoms with van der Waals surface area (Å²) in [5.74, 6) is 0.490. The van der Waals surface area contributed by atoms with Gasteiger partial charge < -0.3 is 14.9 Å². The number of phenols is 1. The third kappa shape index (κ3) is 4.55. The minimum absolute atomic E-state index is 0.173. The second-order valence-electron chi connectivity index (χ2n) is 6.65. The highest BCUT2D eigenvalue weighted by atomic mass is 16.3. The first-order valence-electron chi connectivity index (χ1n) is 9.24. The predicted octanol–water partition coefficient (Wildman–Crippen LogP) is 2.56. The Hall–Kier alpha value is -2.53. The number of rotatable bonds is 6. The van der Waals surface area contributed by atoms with E-state index in [0.717, 1.165) is 37.4 Å². The van der Waals surface area contributed by atoms with Gasteiger partial charge in [0.15, 0.2) is 0 Å². The molecule has 0 unspecified atom stereocenters. The summed E-state index contributed by atoms with van der Waals surface area (Å²) >= 11 is 0. The lowest BCUT2D eigenvalue weighted by molar-refractivity contribution is -0.132. The van der Waals surface area contributed by atoms with E-state index in [4.69, 9.17) is 0 Å². The van der Waals surface area contributed by atoms with Crippen molar-refractivity contribution in [2.75, 3.05) is 44.2 Å². The Labute approximate surface area is 155 Å². The largest absolute Gasteiger partial charge is 0.506 e. The van der Waals surface area contributed by atoms with E-state index in [9.17, 15) is 9.90 Å². The quantitative estimate of drug-likeness (QED) is 0.867. The molecule has 0 aliphatic carbocycles. The Morgan fingerprint density at radius 1 is 1.00 bits per heavy atom. The van der Waals surface area contributed by atoms with E-state index in [1.807, 2.05) is 48.2 Å². The molecule has 1 aliphatic heterocycles. The average Bonchev–Trinajstić information content (AvgIpc) is 2.68. The molecule has 1 amide bonds. The maximum absolute atomic E-state index is 12.7. The fourth-order valence-corrected chi connectivity index (χ4v) is 3.35. The van der Waals surface area contributed by atoms with Crippen LogP contribution in [0.5, 0.6) is 5.75 Å². The molecule has 2 aromatic carbocycles. The van der Waals surface area contributed by atoms with Gasteiger partial charge in [0.25, 0.3) is 0 Å². The van der Waals surface area contributed by atoms with Crippen molar-refractivity contribution in [2.24, 2.45) is 0 Å². The van der Waals surface area contributed by atoms with Crippen molar-refractivity contribution in [3.63, 3.8) is 0 Å². The summed E-state index contributed by atoms with van der Waals surface area (Å²) in [6.45, 7) is 7.13. The Morgan fingerprint density at radius 2 is 1.65 bits per heavy atom. The van der Waals surface area contributed by atoms with Gasteiger partial charge in [-0.25, -0.2) is 0 Å². The van der Waals surface area contributed by atoms with Crippen molar-refractivity contribution in [3.05, 3.63) is 60.2 Å². The highest BCUT2D eigenvalue weighted by Gasteiger charge is 2.22.